The summed E-state index contributed by atoms with van der Waals surface area (Å²) in [5, 5.41) is 7.07. The van der Waals surface area contributed by atoms with Crippen molar-refractivity contribution in [2.75, 3.05) is 24.6 Å². The van der Waals surface area contributed by atoms with E-state index >= 15 is 0 Å². The Labute approximate surface area is 140 Å². The number of rotatable bonds is 5. The van der Waals surface area contributed by atoms with Gasteiger partial charge in [0.1, 0.15) is 6.61 Å². The van der Waals surface area contributed by atoms with E-state index in [4.69, 9.17) is 4.74 Å². The maximum atomic E-state index is 12.1. The fourth-order valence-corrected chi connectivity index (χ4v) is 2.70. The van der Waals surface area contributed by atoms with Gasteiger partial charge in [0, 0.05) is 24.5 Å². The Balaban J connectivity index is 1.55. The van der Waals surface area contributed by atoms with Crippen molar-refractivity contribution in [3.63, 3.8) is 0 Å². The van der Waals surface area contributed by atoms with Crippen molar-refractivity contribution in [2.24, 2.45) is 0 Å². The van der Waals surface area contributed by atoms with Crippen LogP contribution in [0.4, 0.5) is 10.5 Å². The maximum Gasteiger partial charge on any atom is 0.338 e. The van der Waals surface area contributed by atoms with Crippen molar-refractivity contribution >= 4 is 17.7 Å². The second kappa shape index (κ2) is 6.74. The third kappa shape index (κ3) is 3.40. The second-order valence-electron chi connectivity index (χ2n) is 5.72. The van der Waals surface area contributed by atoms with Gasteiger partial charge in [-0.1, -0.05) is 0 Å². The van der Waals surface area contributed by atoms with Crippen LogP contribution in [0.15, 0.2) is 30.3 Å². The molecule has 0 aliphatic carbocycles. The summed E-state index contributed by atoms with van der Waals surface area (Å²) in [6.45, 7) is 5.95. The zero-order valence-electron chi connectivity index (χ0n) is 13.8. The lowest BCUT2D eigenvalue weighted by atomic mass is 10.2. The van der Waals surface area contributed by atoms with Crippen molar-refractivity contribution in [3.05, 3.63) is 47.3 Å². The molecule has 126 valence electrons. The number of hydrogen-bond donors (Lipinski definition) is 1. The fourth-order valence-electron chi connectivity index (χ4n) is 2.70. The van der Waals surface area contributed by atoms with Crippen molar-refractivity contribution in [3.8, 4) is 0 Å². The number of anilines is 1. The van der Waals surface area contributed by atoms with Crippen LogP contribution in [-0.4, -0.2) is 41.5 Å². The van der Waals surface area contributed by atoms with Crippen LogP contribution in [0, 0.1) is 13.8 Å². The number of benzene rings is 1. The highest BCUT2D eigenvalue weighted by Crippen LogP contribution is 2.17. The summed E-state index contributed by atoms with van der Waals surface area (Å²) in [6.07, 6.45) is 0. The molecular formula is C17H20N4O3. The summed E-state index contributed by atoms with van der Waals surface area (Å²) in [4.78, 5) is 25.3. The van der Waals surface area contributed by atoms with Crippen LogP contribution in [0.25, 0.3) is 0 Å². The first-order valence-corrected chi connectivity index (χ1v) is 7.88. The molecule has 0 saturated carbocycles. The van der Waals surface area contributed by atoms with Crippen LogP contribution in [0.2, 0.25) is 0 Å². The molecule has 0 bridgehead atoms. The van der Waals surface area contributed by atoms with Crippen LogP contribution in [-0.2, 0) is 11.3 Å². The molecule has 7 nitrogen and oxygen atoms in total. The predicted octanol–water partition coefficient (Wildman–Crippen LogP) is 1.89. The van der Waals surface area contributed by atoms with E-state index in [0.717, 1.165) is 17.1 Å². The van der Waals surface area contributed by atoms with E-state index in [9.17, 15) is 9.59 Å². The monoisotopic (exact) mass is 328 g/mol. The van der Waals surface area contributed by atoms with Gasteiger partial charge >= 0.3 is 12.0 Å². The number of amides is 2. The quantitative estimate of drug-likeness (QED) is 0.850. The SMILES string of the molecule is Cc1cc(C)n(CCOC(=O)c2ccc(N3CCNC3=O)cc2)n1. The molecule has 0 atom stereocenters. The summed E-state index contributed by atoms with van der Waals surface area (Å²) in [6, 6.07) is 8.72. The molecule has 1 fully saturated rings. The number of esters is 1. The summed E-state index contributed by atoms with van der Waals surface area (Å²) in [7, 11) is 0. The van der Waals surface area contributed by atoms with E-state index in [-0.39, 0.29) is 18.6 Å². The average molecular weight is 328 g/mol. The number of ether oxygens (including phenoxy) is 1. The molecule has 7 heteroatoms. The minimum absolute atomic E-state index is 0.116. The number of aryl methyl sites for hydroxylation is 2. The zero-order chi connectivity index (χ0) is 17.1. The van der Waals surface area contributed by atoms with Crippen LogP contribution in [0.5, 0.6) is 0 Å². The lowest BCUT2D eigenvalue weighted by molar-refractivity contribution is 0.0487. The van der Waals surface area contributed by atoms with Crippen LogP contribution in [0.3, 0.4) is 0 Å². The highest BCUT2D eigenvalue weighted by atomic mass is 16.5. The van der Waals surface area contributed by atoms with Gasteiger partial charge in [-0.05, 0) is 44.2 Å². The molecular weight excluding hydrogens is 308 g/mol. The first-order chi connectivity index (χ1) is 11.5. The van der Waals surface area contributed by atoms with E-state index in [2.05, 4.69) is 10.4 Å². The van der Waals surface area contributed by atoms with E-state index < -0.39 is 0 Å². The van der Waals surface area contributed by atoms with Crippen molar-refractivity contribution in [1.82, 2.24) is 15.1 Å². The van der Waals surface area contributed by atoms with Crippen LogP contribution >= 0.6 is 0 Å². The van der Waals surface area contributed by atoms with Crippen LogP contribution in [0.1, 0.15) is 21.7 Å². The van der Waals surface area contributed by atoms with E-state index in [1.807, 2.05) is 24.6 Å². The standard InChI is InChI=1S/C17H20N4O3/c1-12-11-13(2)21(19-12)9-10-24-16(22)14-3-5-15(6-4-14)20-8-7-18-17(20)23/h3-6,11H,7-10H2,1-2H3,(H,18,23). The molecule has 1 aromatic carbocycles. The molecule has 2 amide bonds. The van der Waals surface area contributed by atoms with Crippen molar-refractivity contribution in [1.29, 1.82) is 0 Å². The molecule has 0 spiro atoms. The fraction of sp³-hybridized carbons (Fsp3) is 0.353. The number of carbonyl (C=O) groups is 2. The van der Waals surface area contributed by atoms with Gasteiger partial charge in [0.2, 0.25) is 0 Å². The summed E-state index contributed by atoms with van der Waals surface area (Å²) >= 11 is 0. The Morgan fingerprint density at radius 2 is 2.04 bits per heavy atom. The molecule has 0 radical (unpaired) electrons. The molecule has 24 heavy (non-hydrogen) atoms. The Bertz CT molecular complexity index is 752. The Hall–Kier alpha value is -2.83. The number of urea groups is 1. The average Bonchev–Trinajstić information content (AvgIpc) is 3.13. The third-order valence-corrected chi connectivity index (χ3v) is 3.91. The lowest BCUT2D eigenvalue weighted by Gasteiger charge is -2.14. The highest BCUT2D eigenvalue weighted by Gasteiger charge is 2.21. The third-order valence-electron chi connectivity index (χ3n) is 3.91. The molecule has 2 heterocycles. The first-order valence-electron chi connectivity index (χ1n) is 7.88. The maximum absolute atomic E-state index is 12.1. The number of nitrogens with one attached hydrogen (secondary N) is 1. The van der Waals surface area contributed by atoms with Gasteiger partial charge in [-0.25, -0.2) is 9.59 Å². The molecule has 1 aromatic heterocycles. The van der Waals surface area contributed by atoms with E-state index in [0.29, 0.717) is 25.2 Å². The molecule has 1 aliphatic rings. The molecule has 2 aromatic rings. The molecule has 3 rings (SSSR count). The number of nitrogens with zero attached hydrogens (tertiary/aromatic N) is 3. The first kappa shape index (κ1) is 16.0. The zero-order valence-corrected chi connectivity index (χ0v) is 13.8. The Morgan fingerprint density at radius 1 is 1.29 bits per heavy atom. The van der Waals surface area contributed by atoms with Gasteiger partial charge in [0.25, 0.3) is 0 Å². The topological polar surface area (TPSA) is 76.5 Å². The predicted molar refractivity (Wildman–Crippen MR) is 89.2 cm³/mol. The van der Waals surface area contributed by atoms with Gasteiger partial charge < -0.3 is 10.1 Å². The molecule has 1 saturated heterocycles. The number of hydrogen-bond acceptors (Lipinski definition) is 4. The second-order valence-corrected chi connectivity index (χ2v) is 5.72. The van der Waals surface area contributed by atoms with Crippen molar-refractivity contribution in [2.45, 2.75) is 20.4 Å². The van der Waals surface area contributed by atoms with Gasteiger partial charge in [-0.2, -0.15) is 5.10 Å². The smallest absolute Gasteiger partial charge is 0.338 e. The molecule has 1 aliphatic heterocycles. The number of aromatic nitrogens is 2. The minimum Gasteiger partial charge on any atom is -0.460 e. The van der Waals surface area contributed by atoms with Gasteiger partial charge in [-0.3, -0.25) is 9.58 Å². The summed E-state index contributed by atoms with van der Waals surface area (Å²) in [5.41, 5.74) is 3.22. The largest absolute Gasteiger partial charge is 0.460 e. The van der Waals surface area contributed by atoms with Crippen LogP contribution < -0.4 is 10.2 Å². The molecule has 0 unspecified atom stereocenters. The summed E-state index contributed by atoms with van der Waals surface area (Å²) in [5.74, 6) is -0.381. The Kier molecular flexibility index (Phi) is 4.50. The Morgan fingerprint density at radius 3 is 2.62 bits per heavy atom. The van der Waals surface area contributed by atoms with Gasteiger partial charge in [-0.15, -0.1) is 0 Å². The van der Waals surface area contributed by atoms with Gasteiger partial charge in [0.05, 0.1) is 17.8 Å². The molecule has 1 N–H and O–H groups in total. The normalized spacial score (nSPS) is 13.9. The number of carbonyl (C=O) groups excluding carboxylic acids is 2. The lowest BCUT2D eigenvalue weighted by Crippen LogP contribution is -2.27. The van der Waals surface area contributed by atoms with Crippen molar-refractivity contribution < 1.29 is 14.3 Å². The highest BCUT2D eigenvalue weighted by molar-refractivity contribution is 5.95. The van der Waals surface area contributed by atoms with E-state index in [1.54, 1.807) is 29.2 Å². The summed E-state index contributed by atoms with van der Waals surface area (Å²) < 4.78 is 7.11. The van der Waals surface area contributed by atoms with E-state index in [1.165, 1.54) is 0 Å². The van der Waals surface area contributed by atoms with Gasteiger partial charge in [0.15, 0.2) is 0 Å². The minimum atomic E-state index is -0.381.